The van der Waals surface area contributed by atoms with E-state index in [1.54, 1.807) is 36.4 Å². The van der Waals surface area contributed by atoms with Gasteiger partial charge >= 0.3 is 5.97 Å². The highest BCUT2D eigenvalue weighted by Crippen LogP contribution is 2.24. The van der Waals surface area contributed by atoms with Gasteiger partial charge in [0.05, 0.1) is 4.90 Å². The molecule has 5 nitrogen and oxygen atoms in total. The fourth-order valence-electron chi connectivity index (χ4n) is 3.16. The Labute approximate surface area is 147 Å². The molecule has 0 amide bonds. The van der Waals surface area contributed by atoms with Crippen LogP contribution in [0.4, 0.5) is 0 Å². The molecule has 1 aliphatic rings. The summed E-state index contributed by atoms with van der Waals surface area (Å²) in [7, 11) is -3.89. The fourth-order valence-corrected chi connectivity index (χ4v) is 4.40. The fraction of sp³-hybridized carbons (Fsp3) is 0.316. The van der Waals surface area contributed by atoms with Crippen molar-refractivity contribution in [3.63, 3.8) is 0 Å². The number of sulfonamides is 1. The lowest BCUT2D eigenvalue weighted by Gasteiger charge is -2.18. The SMILES string of the molecule is O=C(O)[C@@H](Cc1ccccc1)NS(=O)(=O)c1ccc2c(c1)CCCC2. The van der Waals surface area contributed by atoms with Crippen LogP contribution in [0.1, 0.15) is 29.5 Å². The van der Waals surface area contributed by atoms with Gasteiger partial charge in [-0.15, -0.1) is 0 Å². The molecule has 0 aliphatic heterocycles. The van der Waals surface area contributed by atoms with Crippen LogP contribution < -0.4 is 4.72 Å². The van der Waals surface area contributed by atoms with Crippen LogP contribution in [0.15, 0.2) is 53.4 Å². The summed E-state index contributed by atoms with van der Waals surface area (Å²) in [5.41, 5.74) is 3.00. The van der Waals surface area contributed by atoms with E-state index in [0.29, 0.717) is 0 Å². The third-order valence-electron chi connectivity index (χ3n) is 4.51. The van der Waals surface area contributed by atoms with Gasteiger partial charge in [-0.05, 0) is 60.9 Å². The Balaban J connectivity index is 1.82. The first-order valence-electron chi connectivity index (χ1n) is 8.36. The van der Waals surface area contributed by atoms with Crippen LogP contribution in [-0.4, -0.2) is 25.5 Å². The topological polar surface area (TPSA) is 83.5 Å². The molecule has 1 atom stereocenters. The van der Waals surface area contributed by atoms with Crippen molar-refractivity contribution in [2.75, 3.05) is 0 Å². The first-order chi connectivity index (χ1) is 12.0. The predicted octanol–water partition coefficient (Wildman–Crippen LogP) is 2.54. The normalized spacial score (nSPS) is 15.4. The number of rotatable bonds is 6. The van der Waals surface area contributed by atoms with Gasteiger partial charge in [0.15, 0.2) is 0 Å². The molecular weight excluding hydrogens is 338 g/mol. The summed E-state index contributed by atoms with van der Waals surface area (Å²) in [6, 6.07) is 12.9. The average Bonchev–Trinajstić information content (AvgIpc) is 2.61. The maximum absolute atomic E-state index is 12.6. The largest absolute Gasteiger partial charge is 0.480 e. The van der Waals surface area contributed by atoms with Crippen molar-refractivity contribution in [3.8, 4) is 0 Å². The molecule has 0 saturated heterocycles. The molecular formula is C19H21NO4S. The van der Waals surface area contributed by atoms with Gasteiger partial charge in [-0.2, -0.15) is 4.72 Å². The van der Waals surface area contributed by atoms with Crippen LogP contribution in [0.25, 0.3) is 0 Å². The Morgan fingerprint density at radius 3 is 2.40 bits per heavy atom. The molecule has 2 aromatic carbocycles. The molecule has 0 heterocycles. The highest BCUT2D eigenvalue weighted by Gasteiger charge is 2.26. The Morgan fingerprint density at radius 2 is 1.72 bits per heavy atom. The van der Waals surface area contributed by atoms with E-state index in [4.69, 9.17) is 0 Å². The number of carboxylic acids is 1. The molecule has 3 rings (SSSR count). The van der Waals surface area contributed by atoms with Crippen molar-refractivity contribution in [2.24, 2.45) is 0 Å². The number of aliphatic carboxylic acids is 1. The Hall–Kier alpha value is -2.18. The second-order valence-electron chi connectivity index (χ2n) is 6.34. The first kappa shape index (κ1) is 17.6. The molecule has 25 heavy (non-hydrogen) atoms. The van der Waals surface area contributed by atoms with Crippen molar-refractivity contribution < 1.29 is 18.3 Å². The quantitative estimate of drug-likeness (QED) is 0.830. The molecule has 0 saturated carbocycles. The van der Waals surface area contributed by atoms with E-state index in [9.17, 15) is 18.3 Å². The molecule has 0 unspecified atom stereocenters. The number of fused-ring (bicyclic) bond motifs is 1. The standard InChI is InChI=1S/C19H21NO4S/c21-19(22)18(12-14-6-2-1-3-7-14)20-25(23,24)17-11-10-15-8-4-5-9-16(15)13-17/h1-3,6-7,10-11,13,18,20H,4-5,8-9,12H2,(H,21,22)/t18-/m1/s1. The zero-order valence-electron chi connectivity index (χ0n) is 13.8. The van der Waals surface area contributed by atoms with Crippen molar-refractivity contribution in [2.45, 2.75) is 43.0 Å². The summed E-state index contributed by atoms with van der Waals surface area (Å²) >= 11 is 0. The van der Waals surface area contributed by atoms with Crippen molar-refractivity contribution in [1.82, 2.24) is 4.72 Å². The van der Waals surface area contributed by atoms with Crippen LogP contribution in [0.2, 0.25) is 0 Å². The van der Waals surface area contributed by atoms with Gasteiger partial charge in [0, 0.05) is 0 Å². The molecule has 0 fully saturated rings. The summed E-state index contributed by atoms with van der Waals surface area (Å²) in [6.45, 7) is 0. The van der Waals surface area contributed by atoms with Crippen molar-refractivity contribution >= 4 is 16.0 Å². The number of hydrogen-bond acceptors (Lipinski definition) is 3. The lowest BCUT2D eigenvalue weighted by molar-refractivity contribution is -0.138. The lowest BCUT2D eigenvalue weighted by atomic mass is 9.92. The maximum Gasteiger partial charge on any atom is 0.322 e. The molecule has 6 heteroatoms. The van der Waals surface area contributed by atoms with Crippen LogP contribution >= 0.6 is 0 Å². The number of carbonyl (C=O) groups is 1. The van der Waals surface area contributed by atoms with E-state index in [2.05, 4.69) is 4.72 Å². The third-order valence-corrected chi connectivity index (χ3v) is 5.98. The highest BCUT2D eigenvalue weighted by atomic mass is 32.2. The van der Waals surface area contributed by atoms with Gasteiger partial charge < -0.3 is 5.11 Å². The van der Waals surface area contributed by atoms with Crippen molar-refractivity contribution in [3.05, 3.63) is 65.2 Å². The van der Waals surface area contributed by atoms with Crippen LogP contribution in [0.5, 0.6) is 0 Å². The van der Waals surface area contributed by atoms with E-state index in [-0.39, 0.29) is 11.3 Å². The smallest absolute Gasteiger partial charge is 0.322 e. The summed E-state index contributed by atoms with van der Waals surface area (Å²) in [5.74, 6) is -1.19. The van der Waals surface area contributed by atoms with Gasteiger partial charge in [-0.25, -0.2) is 8.42 Å². The second-order valence-corrected chi connectivity index (χ2v) is 8.05. The average molecular weight is 359 g/mol. The Kier molecular flexibility index (Phi) is 5.20. The molecule has 2 aromatic rings. The number of carboxylic acid groups (broad SMARTS) is 1. The number of aryl methyl sites for hydroxylation is 2. The maximum atomic E-state index is 12.6. The van der Waals surface area contributed by atoms with Gasteiger partial charge in [0.2, 0.25) is 10.0 Å². The van der Waals surface area contributed by atoms with Gasteiger partial charge in [0.1, 0.15) is 6.04 Å². The minimum atomic E-state index is -3.89. The molecule has 2 N–H and O–H groups in total. The summed E-state index contributed by atoms with van der Waals surface area (Å²) in [4.78, 5) is 11.7. The third kappa shape index (κ3) is 4.27. The van der Waals surface area contributed by atoms with Crippen molar-refractivity contribution in [1.29, 1.82) is 0 Å². The highest BCUT2D eigenvalue weighted by molar-refractivity contribution is 7.89. The van der Waals surface area contributed by atoms with E-state index >= 15 is 0 Å². The Morgan fingerprint density at radius 1 is 1.04 bits per heavy atom. The van der Waals surface area contributed by atoms with Gasteiger partial charge in [-0.3, -0.25) is 4.79 Å². The van der Waals surface area contributed by atoms with Crippen LogP contribution in [-0.2, 0) is 34.1 Å². The van der Waals surface area contributed by atoms with E-state index in [1.807, 2.05) is 12.1 Å². The van der Waals surface area contributed by atoms with Crippen LogP contribution in [0.3, 0.4) is 0 Å². The molecule has 0 aromatic heterocycles. The molecule has 0 bridgehead atoms. The van der Waals surface area contributed by atoms with E-state index in [1.165, 1.54) is 5.56 Å². The monoisotopic (exact) mass is 359 g/mol. The molecule has 132 valence electrons. The predicted molar refractivity (Wildman–Crippen MR) is 95.0 cm³/mol. The molecule has 0 spiro atoms. The molecule has 0 radical (unpaired) electrons. The lowest BCUT2D eigenvalue weighted by Crippen LogP contribution is -2.42. The van der Waals surface area contributed by atoms with E-state index < -0.39 is 22.0 Å². The van der Waals surface area contributed by atoms with Gasteiger partial charge in [0.25, 0.3) is 0 Å². The summed E-state index contributed by atoms with van der Waals surface area (Å²) < 4.78 is 27.6. The minimum Gasteiger partial charge on any atom is -0.480 e. The number of benzene rings is 2. The summed E-state index contributed by atoms with van der Waals surface area (Å²) in [5, 5.41) is 9.41. The zero-order valence-corrected chi connectivity index (χ0v) is 14.6. The summed E-state index contributed by atoms with van der Waals surface area (Å²) in [6.07, 6.45) is 4.10. The molecule has 1 aliphatic carbocycles. The minimum absolute atomic E-state index is 0.0976. The van der Waals surface area contributed by atoms with Gasteiger partial charge in [-0.1, -0.05) is 36.4 Å². The zero-order chi connectivity index (χ0) is 17.9. The Bertz CT molecular complexity index is 862. The second kappa shape index (κ2) is 7.37. The number of nitrogens with one attached hydrogen (secondary N) is 1. The van der Waals surface area contributed by atoms with E-state index in [0.717, 1.165) is 36.8 Å². The van der Waals surface area contributed by atoms with Crippen LogP contribution in [0, 0.1) is 0 Å². The first-order valence-corrected chi connectivity index (χ1v) is 9.85. The number of hydrogen-bond donors (Lipinski definition) is 2.